The van der Waals surface area contributed by atoms with Crippen molar-refractivity contribution in [1.82, 2.24) is 0 Å². The molecule has 2 nitrogen and oxygen atoms in total. The van der Waals surface area contributed by atoms with Crippen LogP contribution in [0, 0.1) is 0 Å². The average molecular weight is 644 g/mol. The van der Waals surface area contributed by atoms with E-state index in [1.165, 1.54) is 53.2 Å². The standard InChI is InChI=1S/C46H29NOS/c1-2-11-31-26-33(21-20-30(31)10-1)32-12-9-13-35(27-32)47(36-23-25-39-38-15-4-7-18-43(38)48-44(39)29-36)42-17-6-3-14-37(42)34-22-24-41-40-16-5-8-19-45(40)49-46(41)28-34/h1-29H. The molecule has 10 rings (SSSR count). The summed E-state index contributed by atoms with van der Waals surface area (Å²) in [6, 6.07) is 63.3. The van der Waals surface area contributed by atoms with Gasteiger partial charge in [0.25, 0.3) is 0 Å². The first-order valence-corrected chi connectivity index (χ1v) is 17.4. The Morgan fingerprint density at radius 2 is 1.08 bits per heavy atom. The van der Waals surface area contributed by atoms with Crippen molar-refractivity contribution in [3.05, 3.63) is 176 Å². The average Bonchev–Trinajstić information content (AvgIpc) is 3.73. The van der Waals surface area contributed by atoms with Gasteiger partial charge in [0.15, 0.2) is 0 Å². The van der Waals surface area contributed by atoms with Crippen LogP contribution < -0.4 is 4.90 Å². The van der Waals surface area contributed by atoms with Gasteiger partial charge in [-0.05, 0) is 82.1 Å². The van der Waals surface area contributed by atoms with E-state index in [0.717, 1.165) is 39.0 Å². The van der Waals surface area contributed by atoms with E-state index in [2.05, 4.69) is 169 Å². The van der Waals surface area contributed by atoms with E-state index in [1.807, 2.05) is 23.5 Å². The first kappa shape index (κ1) is 27.9. The number of fused-ring (bicyclic) bond motifs is 7. The Bertz CT molecular complexity index is 2860. The molecule has 0 amide bonds. The van der Waals surface area contributed by atoms with Gasteiger partial charge >= 0.3 is 0 Å². The van der Waals surface area contributed by atoms with Crippen LogP contribution in [0.4, 0.5) is 17.1 Å². The Kier molecular flexibility index (Phi) is 6.39. The monoisotopic (exact) mass is 643 g/mol. The third-order valence-electron chi connectivity index (χ3n) is 9.64. The van der Waals surface area contributed by atoms with E-state index in [1.54, 1.807) is 0 Å². The molecule has 3 heteroatoms. The maximum atomic E-state index is 6.42. The molecule has 10 aromatic rings. The van der Waals surface area contributed by atoms with Gasteiger partial charge in [-0.25, -0.2) is 0 Å². The first-order chi connectivity index (χ1) is 24.3. The lowest BCUT2D eigenvalue weighted by molar-refractivity contribution is 0.669. The molecule has 0 saturated heterocycles. The number of benzene rings is 8. The Hall–Kier alpha value is -6.16. The number of para-hydroxylation sites is 2. The minimum Gasteiger partial charge on any atom is -0.456 e. The zero-order valence-electron chi connectivity index (χ0n) is 26.5. The summed E-state index contributed by atoms with van der Waals surface area (Å²) in [6.07, 6.45) is 0. The predicted molar refractivity (Wildman–Crippen MR) is 210 cm³/mol. The molecule has 8 aromatic carbocycles. The Balaban J connectivity index is 1.17. The lowest BCUT2D eigenvalue weighted by Crippen LogP contribution is -2.11. The smallest absolute Gasteiger partial charge is 0.137 e. The number of hydrogen-bond acceptors (Lipinski definition) is 3. The highest BCUT2D eigenvalue weighted by Crippen LogP contribution is 2.45. The van der Waals surface area contributed by atoms with Gasteiger partial charge in [-0.15, -0.1) is 11.3 Å². The van der Waals surface area contributed by atoms with E-state index in [0.29, 0.717) is 0 Å². The molecule has 0 unspecified atom stereocenters. The second-order valence-corrected chi connectivity index (χ2v) is 13.6. The molecule has 0 radical (unpaired) electrons. The van der Waals surface area contributed by atoms with E-state index >= 15 is 0 Å². The molecule has 0 aliphatic carbocycles. The molecule has 2 aromatic heterocycles. The van der Waals surface area contributed by atoms with Crippen LogP contribution in [0.2, 0.25) is 0 Å². The summed E-state index contributed by atoms with van der Waals surface area (Å²) in [6.45, 7) is 0. The van der Waals surface area contributed by atoms with E-state index in [4.69, 9.17) is 4.42 Å². The fourth-order valence-corrected chi connectivity index (χ4v) is 8.43. The van der Waals surface area contributed by atoms with Crippen molar-refractivity contribution >= 4 is 81.3 Å². The third-order valence-corrected chi connectivity index (χ3v) is 10.8. The molecule has 0 atom stereocenters. The van der Waals surface area contributed by atoms with Crippen LogP contribution in [0.15, 0.2) is 180 Å². The highest BCUT2D eigenvalue weighted by molar-refractivity contribution is 7.25. The summed E-state index contributed by atoms with van der Waals surface area (Å²) in [4.78, 5) is 2.38. The molecule has 0 aliphatic rings. The summed E-state index contributed by atoms with van der Waals surface area (Å²) in [7, 11) is 0. The third kappa shape index (κ3) is 4.70. The number of hydrogen-bond donors (Lipinski definition) is 0. The van der Waals surface area contributed by atoms with Crippen LogP contribution in [0.25, 0.3) is 75.1 Å². The second kappa shape index (κ2) is 11.2. The molecule has 0 N–H and O–H groups in total. The largest absolute Gasteiger partial charge is 0.456 e. The zero-order valence-corrected chi connectivity index (χ0v) is 27.3. The van der Waals surface area contributed by atoms with Gasteiger partial charge in [0, 0.05) is 53.9 Å². The summed E-state index contributed by atoms with van der Waals surface area (Å²) in [5, 5.41) is 7.34. The van der Waals surface area contributed by atoms with Gasteiger partial charge in [-0.1, -0.05) is 115 Å². The van der Waals surface area contributed by atoms with Crippen molar-refractivity contribution in [3.8, 4) is 22.3 Å². The molecule has 0 aliphatic heterocycles. The number of furan rings is 1. The van der Waals surface area contributed by atoms with E-state index < -0.39 is 0 Å². The quantitative estimate of drug-likeness (QED) is 0.186. The maximum absolute atomic E-state index is 6.42. The van der Waals surface area contributed by atoms with Crippen molar-refractivity contribution in [2.24, 2.45) is 0 Å². The second-order valence-electron chi connectivity index (χ2n) is 12.6. The molecule has 0 bridgehead atoms. The topological polar surface area (TPSA) is 16.4 Å². The molecule has 0 spiro atoms. The first-order valence-electron chi connectivity index (χ1n) is 16.6. The SMILES string of the molecule is c1cc(-c2ccc3ccccc3c2)cc(N(c2ccc3c(c2)oc2ccccc23)c2ccccc2-c2ccc3c(c2)sc2ccccc23)c1. The van der Waals surface area contributed by atoms with Gasteiger partial charge in [0.2, 0.25) is 0 Å². The Labute approximate surface area is 287 Å². The van der Waals surface area contributed by atoms with Crippen LogP contribution in [0.3, 0.4) is 0 Å². The molecular formula is C46H29NOS. The van der Waals surface area contributed by atoms with E-state index in [9.17, 15) is 0 Å². The Morgan fingerprint density at radius 3 is 2.04 bits per heavy atom. The maximum Gasteiger partial charge on any atom is 0.137 e. The van der Waals surface area contributed by atoms with Crippen LogP contribution in [-0.4, -0.2) is 0 Å². The highest BCUT2D eigenvalue weighted by Gasteiger charge is 2.20. The van der Waals surface area contributed by atoms with Crippen molar-refractivity contribution in [2.75, 3.05) is 4.90 Å². The van der Waals surface area contributed by atoms with Crippen molar-refractivity contribution in [3.63, 3.8) is 0 Å². The summed E-state index contributed by atoms with van der Waals surface area (Å²) < 4.78 is 9.02. The minimum atomic E-state index is 0.874. The lowest BCUT2D eigenvalue weighted by atomic mass is 9.98. The Morgan fingerprint density at radius 1 is 0.388 bits per heavy atom. The fourth-order valence-electron chi connectivity index (χ4n) is 7.28. The molecule has 230 valence electrons. The van der Waals surface area contributed by atoms with E-state index in [-0.39, 0.29) is 0 Å². The predicted octanol–water partition coefficient (Wildman–Crippen LogP) is 13.9. The fraction of sp³-hybridized carbons (Fsp3) is 0. The summed E-state index contributed by atoms with van der Waals surface area (Å²) in [5.74, 6) is 0. The molecule has 0 fully saturated rings. The van der Waals surface area contributed by atoms with Crippen LogP contribution in [0.1, 0.15) is 0 Å². The van der Waals surface area contributed by atoms with Crippen LogP contribution >= 0.6 is 11.3 Å². The summed E-state index contributed by atoms with van der Waals surface area (Å²) >= 11 is 1.86. The number of nitrogens with zero attached hydrogens (tertiary/aromatic N) is 1. The van der Waals surface area contributed by atoms with Gasteiger partial charge < -0.3 is 9.32 Å². The van der Waals surface area contributed by atoms with Crippen LogP contribution in [0.5, 0.6) is 0 Å². The molecule has 2 heterocycles. The zero-order chi connectivity index (χ0) is 32.3. The lowest BCUT2D eigenvalue weighted by Gasteiger charge is -2.28. The highest BCUT2D eigenvalue weighted by atomic mass is 32.1. The van der Waals surface area contributed by atoms with Crippen LogP contribution in [-0.2, 0) is 0 Å². The van der Waals surface area contributed by atoms with Gasteiger partial charge in [0.05, 0.1) is 5.69 Å². The van der Waals surface area contributed by atoms with Crippen molar-refractivity contribution in [1.29, 1.82) is 0 Å². The van der Waals surface area contributed by atoms with Crippen molar-refractivity contribution in [2.45, 2.75) is 0 Å². The number of anilines is 3. The normalized spacial score (nSPS) is 11.7. The molecule has 49 heavy (non-hydrogen) atoms. The van der Waals surface area contributed by atoms with Gasteiger partial charge in [-0.2, -0.15) is 0 Å². The summed E-state index contributed by atoms with van der Waals surface area (Å²) in [5.41, 5.74) is 9.72. The number of rotatable bonds is 5. The van der Waals surface area contributed by atoms with Gasteiger partial charge in [-0.3, -0.25) is 0 Å². The van der Waals surface area contributed by atoms with Crippen molar-refractivity contribution < 1.29 is 4.42 Å². The molecule has 0 saturated carbocycles. The van der Waals surface area contributed by atoms with Gasteiger partial charge in [0.1, 0.15) is 11.2 Å². The number of thiophene rings is 1. The molecular weight excluding hydrogens is 615 g/mol. The minimum absolute atomic E-state index is 0.874.